The molecule has 1 rings (SSSR count). The van der Waals surface area contributed by atoms with Crippen LogP contribution in [0.3, 0.4) is 0 Å². The maximum absolute atomic E-state index is 12.2. The van der Waals surface area contributed by atoms with E-state index in [1.54, 1.807) is 0 Å². The minimum absolute atomic E-state index is 0.143. The zero-order valence-corrected chi connectivity index (χ0v) is 13.6. The van der Waals surface area contributed by atoms with Crippen LogP contribution in [0, 0.1) is 11.3 Å². The minimum Gasteiger partial charge on any atom is -0.366 e. The third-order valence-corrected chi connectivity index (χ3v) is 3.93. The van der Waals surface area contributed by atoms with E-state index in [2.05, 4.69) is 20.8 Å². The average Bonchev–Trinajstić information content (AvgIpc) is 2.49. The summed E-state index contributed by atoms with van der Waals surface area (Å²) >= 11 is 0. The summed E-state index contributed by atoms with van der Waals surface area (Å²) in [5.41, 5.74) is 0.108. The molecule has 0 aromatic carbocycles. The zero-order valence-electron chi connectivity index (χ0n) is 13.6. The molecule has 1 aliphatic rings. The summed E-state index contributed by atoms with van der Waals surface area (Å²) in [7, 11) is 0. The van der Waals surface area contributed by atoms with Crippen molar-refractivity contribution in [3.8, 4) is 0 Å². The summed E-state index contributed by atoms with van der Waals surface area (Å²) in [4.78, 5) is 14.1. The normalized spacial score (nSPS) is 22.2. The summed E-state index contributed by atoms with van der Waals surface area (Å²) < 4.78 is 5.59. The van der Waals surface area contributed by atoms with Gasteiger partial charge in [-0.2, -0.15) is 0 Å². The lowest BCUT2D eigenvalue weighted by Gasteiger charge is -2.30. The molecule has 19 heavy (non-hydrogen) atoms. The van der Waals surface area contributed by atoms with Crippen molar-refractivity contribution in [1.29, 1.82) is 0 Å². The Kier molecular flexibility index (Phi) is 5.43. The van der Waals surface area contributed by atoms with Gasteiger partial charge in [-0.1, -0.05) is 20.8 Å². The van der Waals surface area contributed by atoms with Gasteiger partial charge in [-0.25, -0.2) is 0 Å². The fourth-order valence-corrected chi connectivity index (χ4v) is 2.58. The van der Waals surface area contributed by atoms with E-state index in [9.17, 15) is 4.79 Å². The van der Waals surface area contributed by atoms with Crippen LogP contribution in [0.5, 0.6) is 0 Å². The highest BCUT2D eigenvalue weighted by atomic mass is 16.5. The Morgan fingerprint density at radius 2 is 1.74 bits per heavy atom. The molecular formula is C16H31NO2. The number of likely N-dealkylation sites (tertiary alicyclic amines) is 1. The van der Waals surface area contributed by atoms with E-state index >= 15 is 0 Å². The van der Waals surface area contributed by atoms with Crippen molar-refractivity contribution in [2.24, 2.45) is 11.3 Å². The second-order valence-electron chi connectivity index (χ2n) is 7.78. The first-order valence-corrected chi connectivity index (χ1v) is 7.51. The topological polar surface area (TPSA) is 29.5 Å². The zero-order chi connectivity index (χ0) is 14.7. The van der Waals surface area contributed by atoms with Gasteiger partial charge in [0, 0.05) is 13.1 Å². The SMILES string of the molecule is CC(C)(C)OCC(=O)N1CCCC(C(C)(C)C)CC1. The largest absolute Gasteiger partial charge is 0.366 e. The summed E-state index contributed by atoms with van der Waals surface area (Å²) in [6.07, 6.45) is 3.46. The lowest BCUT2D eigenvalue weighted by Crippen LogP contribution is -2.37. The van der Waals surface area contributed by atoms with E-state index in [1.165, 1.54) is 6.42 Å². The molecule has 0 aromatic heterocycles. The predicted octanol–water partition coefficient (Wildman–Crippen LogP) is 3.48. The summed E-state index contributed by atoms with van der Waals surface area (Å²) in [5.74, 6) is 0.860. The lowest BCUT2D eigenvalue weighted by atomic mass is 9.77. The Hall–Kier alpha value is -0.570. The Labute approximate surface area is 118 Å². The first kappa shape index (κ1) is 16.5. The Balaban J connectivity index is 2.46. The van der Waals surface area contributed by atoms with Crippen LogP contribution in [0.15, 0.2) is 0 Å². The standard InChI is InChI=1S/C16H31NO2/c1-15(2,3)13-8-7-10-17(11-9-13)14(18)12-19-16(4,5)6/h13H,7-12H2,1-6H3. The van der Waals surface area contributed by atoms with Crippen LogP contribution in [0.25, 0.3) is 0 Å². The smallest absolute Gasteiger partial charge is 0.248 e. The van der Waals surface area contributed by atoms with Gasteiger partial charge >= 0.3 is 0 Å². The molecule has 0 bridgehead atoms. The van der Waals surface area contributed by atoms with Gasteiger partial charge in [-0.3, -0.25) is 4.79 Å². The van der Waals surface area contributed by atoms with Crippen molar-refractivity contribution in [2.45, 2.75) is 66.4 Å². The van der Waals surface area contributed by atoms with Crippen molar-refractivity contribution in [2.75, 3.05) is 19.7 Å². The van der Waals surface area contributed by atoms with E-state index < -0.39 is 0 Å². The maximum Gasteiger partial charge on any atom is 0.248 e. The van der Waals surface area contributed by atoms with Gasteiger partial charge in [0.2, 0.25) is 5.91 Å². The Morgan fingerprint density at radius 1 is 1.11 bits per heavy atom. The number of ether oxygens (including phenoxy) is 1. The van der Waals surface area contributed by atoms with Crippen molar-refractivity contribution in [1.82, 2.24) is 4.90 Å². The van der Waals surface area contributed by atoms with Crippen LogP contribution in [0.4, 0.5) is 0 Å². The van der Waals surface area contributed by atoms with E-state index in [0.29, 0.717) is 11.3 Å². The first-order chi connectivity index (χ1) is 8.59. The van der Waals surface area contributed by atoms with Crippen molar-refractivity contribution >= 4 is 5.91 Å². The molecule has 1 aliphatic heterocycles. The number of rotatable bonds is 2. The molecule has 3 heteroatoms. The summed E-state index contributed by atoms with van der Waals surface area (Å²) in [6, 6.07) is 0. The van der Waals surface area contributed by atoms with Gasteiger partial charge < -0.3 is 9.64 Å². The molecule has 1 amide bonds. The molecule has 112 valence electrons. The molecule has 0 radical (unpaired) electrons. The quantitative estimate of drug-likeness (QED) is 0.768. The fourth-order valence-electron chi connectivity index (χ4n) is 2.58. The highest BCUT2D eigenvalue weighted by molar-refractivity contribution is 5.77. The molecule has 1 unspecified atom stereocenters. The van der Waals surface area contributed by atoms with Crippen molar-refractivity contribution < 1.29 is 9.53 Å². The molecule has 0 N–H and O–H groups in total. The van der Waals surface area contributed by atoms with E-state index in [0.717, 1.165) is 25.9 Å². The number of carbonyl (C=O) groups excluding carboxylic acids is 1. The van der Waals surface area contributed by atoms with Crippen LogP contribution in [0.1, 0.15) is 60.8 Å². The summed E-state index contributed by atoms with van der Waals surface area (Å²) in [5, 5.41) is 0. The van der Waals surface area contributed by atoms with Gasteiger partial charge in [0.25, 0.3) is 0 Å². The number of nitrogens with zero attached hydrogens (tertiary/aromatic N) is 1. The molecule has 1 saturated heterocycles. The highest BCUT2D eigenvalue weighted by Gasteiger charge is 2.28. The predicted molar refractivity (Wildman–Crippen MR) is 79.1 cm³/mol. The van der Waals surface area contributed by atoms with E-state index in [1.807, 2.05) is 25.7 Å². The molecular weight excluding hydrogens is 238 g/mol. The van der Waals surface area contributed by atoms with Crippen LogP contribution in [0.2, 0.25) is 0 Å². The van der Waals surface area contributed by atoms with Gasteiger partial charge in [-0.05, 0) is 51.4 Å². The average molecular weight is 269 g/mol. The Morgan fingerprint density at radius 3 is 2.26 bits per heavy atom. The van der Waals surface area contributed by atoms with E-state index in [-0.39, 0.29) is 18.1 Å². The van der Waals surface area contributed by atoms with Gasteiger partial charge in [0.15, 0.2) is 0 Å². The maximum atomic E-state index is 12.2. The monoisotopic (exact) mass is 269 g/mol. The highest BCUT2D eigenvalue weighted by Crippen LogP contribution is 2.34. The lowest BCUT2D eigenvalue weighted by molar-refractivity contribution is -0.141. The second kappa shape index (κ2) is 6.25. The molecule has 1 heterocycles. The van der Waals surface area contributed by atoms with Gasteiger partial charge in [0.1, 0.15) is 6.61 Å². The van der Waals surface area contributed by atoms with Gasteiger partial charge in [0.05, 0.1) is 5.60 Å². The number of hydrogen-bond acceptors (Lipinski definition) is 2. The minimum atomic E-state index is -0.241. The molecule has 0 saturated carbocycles. The molecule has 0 aromatic rings. The van der Waals surface area contributed by atoms with Crippen LogP contribution in [-0.4, -0.2) is 36.1 Å². The van der Waals surface area contributed by atoms with Gasteiger partial charge in [-0.15, -0.1) is 0 Å². The second-order valence-corrected chi connectivity index (χ2v) is 7.78. The van der Waals surface area contributed by atoms with Crippen molar-refractivity contribution in [3.63, 3.8) is 0 Å². The third kappa shape index (κ3) is 5.94. The Bertz CT molecular complexity index is 299. The molecule has 0 aliphatic carbocycles. The number of hydrogen-bond donors (Lipinski definition) is 0. The first-order valence-electron chi connectivity index (χ1n) is 7.51. The fraction of sp³-hybridized carbons (Fsp3) is 0.938. The van der Waals surface area contributed by atoms with E-state index in [4.69, 9.17) is 4.74 Å². The summed E-state index contributed by atoms with van der Waals surface area (Å²) in [6.45, 7) is 14.8. The van der Waals surface area contributed by atoms with Crippen molar-refractivity contribution in [3.05, 3.63) is 0 Å². The van der Waals surface area contributed by atoms with Crippen LogP contribution < -0.4 is 0 Å². The molecule has 1 atom stereocenters. The molecule has 3 nitrogen and oxygen atoms in total. The number of amides is 1. The van der Waals surface area contributed by atoms with Crippen LogP contribution >= 0.6 is 0 Å². The molecule has 0 spiro atoms. The van der Waals surface area contributed by atoms with Crippen LogP contribution in [-0.2, 0) is 9.53 Å². The molecule has 1 fully saturated rings. The third-order valence-electron chi connectivity index (χ3n) is 3.93. The number of carbonyl (C=O) groups is 1.